The number of hydrogen-bond donors (Lipinski definition) is 2. The Morgan fingerprint density at radius 3 is 2.56 bits per heavy atom. The monoisotopic (exact) mass is 370 g/mol. The fourth-order valence-corrected chi connectivity index (χ4v) is 3.27. The van der Waals surface area contributed by atoms with Crippen molar-refractivity contribution in [3.8, 4) is 11.5 Å². The molecule has 0 radical (unpaired) electrons. The molecule has 0 bridgehead atoms. The van der Waals surface area contributed by atoms with Gasteiger partial charge in [0.25, 0.3) is 5.91 Å². The van der Waals surface area contributed by atoms with Gasteiger partial charge < -0.3 is 20.1 Å². The van der Waals surface area contributed by atoms with Gasteiger partial charge in [-0.1, -0.05) is 19.3 Å². The van der Waals surface area contributed by atoms with Crippen molar-refractivity contribution in [3.63, 3.8) is 0 Å². The second kappa shape index (κ2) is 8.70. The molecule has 1 fully saturated rings. The molecule has 7 heteroatoms. The number of rotatable bonds is 6. The third kappa shape index (κ3) is 4.87. The fraction of sp³-hybridized carbons (Fsp3) is 0.450. The number of carbonyl (C=O) groups excluding carboxylic acids is 1. The highest BCUT2D eigenvalue weighted by Crippen LogP contribution is 2.29. The van der Waals surface area contributed by atoms with Gasteiger partial charge in [0.15, 0.2) is 0 Å². The normalized spacial score (nSPS) is 14.5. The highest BCUT2D eigenvalue weighted by molar-refractivity contribution is 6.04. The molecule has 0 atom stereocenters. The van der Waals surface area contributed by atoms with Gasteiger partial charge in [0.1, 0.15) is 17.2 Å². The maximum absolute atomic E-state index is 12.7. The van der Waals surface area contributed by atoms with Gasteiger partial charge in [-0.3, -0.25) is 4.79 Å². The number of amides is 1. The lowest BCUT2D eigenvalue weighted by molar-refractivity contribution is 0.102. The van der Waals surface area contributed by atoms with E-state index in [1.165, 1.54) is 19.3 Å². The zero-order valence-electron chi connectivity index (χ0n) is 16.0. The summed E-state index contributed by atoms with van der Waals surface area (Å²) in [6, 6.07) is 7.27. The predicted molar refractivity (Wildman–Crippen MR) is 105 cm³/mol. The molecule has 1 heterocycles. The van der Waals surface area contributed by atoms with E-state index < -0.39 is 0 Å². The van der Waals surface area contributed by atoms with Gasteiger partial charge in [-0.05, 0) is 38.0 Å². The van der Waals surface area contributed by atoms with E-state index in [-0.39, 0.29) is 5.91 Å². The van der Waals surface area contributed by atoms with Gasteiger partial charge in [0.2, 0.25) is 5.95 Å². The number of ether oxygens (including phenoxy) is 2. The van der Waals surface area contributed by atoms with E-state index in [0.29, 0.717) is 34.9 Å². The number of anilines is 2. The minimum atomic E-state index is -0.310. The van der Waals surface area contributed by atoms with Crippen LogP contribution in [0.15, 0.2) is 24.3 Å². The lowest BCUT2D eigenvalue weighted by Crippen LogP contribution is -2.24. The van der Waals surface area contributed by atoms with Gasteiger partial charge in [-0.25, -0.2) is 9.97 Å². The summed E-state index contributed by atoms with van der Waals surface area (Å²) < 4.78 is 10.5. The SMILES string of the molecule is COc1ccc(NC(=O)c2cc(C)nc(NC3CCCCC3)n2)c(OC)c1. The summed E-state index contributed by atoms with van der Waals surface area (Å²) in [7, 11) is 3.13. The lowest BCUT2D eigenvalue weighted by Gasteiger charge is -2.23. The summed E-state index contributed by atoms with van der Waals surface area (Å²) in [6.07, 6.45) is 5.94. The largest absolute Gasteiger partial charge is 0.497 e. The Balaban J connectivity index is 1.76. The molecule has 7 nitrogen and oxygen atoms in total. The van der Waals surface area contributed by atoms with Crippen molar-refractivity contribution < 1.29 is 14.3 Å². The number of hydrogen-bond acceptors (Lipinski definition) is 6. The van der Waals surface area contributed by atoms with Crippen molar-refractivity contribution in [1.29, 1.82) is 0 Å². The molecule has 27 heavy (non-hydrogen) atoms. The zero-order valence-corrected chi connectivity index (χ0v) is 16.0. The quantitative estimate of drug-likeness (QED) is 0.804. The van der Waals surface area contributed by atoms with Crippen LogP contribution in [0.2, 0.25) is 0 Å². The Hall–Kier alpha value is -2.83. The van der Waals surface area contributed by atoms with E-state index in [2.05, 4.69) is 20.6 Å². The molecular weight excluding hydrogens is 344 g/mol. The van der Waals surface area contributed by atoms with Crippen molar-refractivity contribution >= 4 is 17.5 Å². The molecule has 0 spiro atoms. The maximum Gasteiger partial charge on any atom is 0.274 e. The number of methoxy groups -OCH3 is 2. The molecule has 1 amide bonds. The molecule has 3 rings (SSSR count). The standard InChI is InChI=1S/C20H26N4O3/c1-13-11-17(24-20(21-13)22-14-7-5-4-6-8-14)19(25)23-16-10-9-15(26-2)12-18(16)27-3/h9-12,14H,4-8H2,1-3H3,(H,23,25)(H,21,22,24). The van der Waals surface area contributed by atoms with E-state index in [4.69, 9.17) is 9.47 Å². The molecule has 1 aliphatic carbocycles. The average Bonchev–Trinajstić information content (AvgIpc) is 2.68. The van der Waals surface area contributed by atoms with Crippen LogP contribution < -0.4 is 20.1 Å². The summed E-state index contributed by atoms with van der Waals surface area (Å²) >= 11 is 0. The number of carbonyl (C=O) groups is 1. The Morgan fingerprint density at radius 2 is 1.85 bits per heavy atom. The van der Waals surface area contributed by atoms with E-state index >= 15 is 0 Å². The maximum atomic E-state index is 12.7. The molecule has 1 aliphatic rings. The van der Waals surface area contributed by atoms with Crippen LogP contribution in [0.4, 0.5) is 11.6 Å². The van der Waals surface area contributed by atoms with Crippen molar-refractivity contribution in [2.75, 3.05) is 24.9 Å². The van der Waals surface area contributed by atoms with Gasteiger partial charge in [-0.15, -0.1) is 0 Å². The van der Waals surface area contributed by atoms with E-state index in [1.807, 2.05) is 6.92 Å². The number of benzene rings is 1. The minimum Gasteiger partial charge on any atom is -0.497 e. The first kappa shape index (κ1) is 18.9. The first-order valence-electron chi connectivity index (χ1n) is 9.24. The van der Waals surface area contributed by atoms with Crippen LogP contribution in [0.25, 0.3) is 0 Å². The van der Waals surface area contributed by atoms with Crippen molar-refractivity contribution in [2.45, 2.75) is 45.1 Å². The molecule has 144 valence electrons. The van der Waals surface area contributed by atoms with Crippen molar-refractivity contribution in [3.05, 3.63) is 35.7 Å². The lowest BCUT2D eigenvalue weighted by atomic mass is 9.96. The summed E-state index contributed by atoms with van der Waals surface area (Å²) in [5.41, 5.74) is 1.62. The highest BCUT2D eigenvalue weighted by Gasteiger charge is 2.17. The van der Waals surface area contributed by atoms with E-state index in [0.717, 1.165) is 18.5 Å². The predicted octanol–water partition coefficient (Wildman–Crippen LogP) is 3.80. The zero-order chi connectivity index (χ0) is 19.2. The third-order valence-corrected chi connectivity index (χ3v) is 4.68. The summed E-state index contributed by atoms with van der Waals surface area (Å²) in [6.45, 7) is 1.86. The fourth-order valence-electron chi connectivity index (χ4n) is 3.27. The van der Waals surface area contributed by atoms with Crippen LogP contribution >= 0.6 is 0 Å². The Kier molecular flexibility index (Phi) is 6.11. The molecule has 1 aromatic carbocycles. The third-order valence-electron chi connectivity index (χ3n) is 4.68. The van der Waals surface area contributed by atoms with Crippen molar-refractivity contribution in [1.82, 2.24) is 9.97 Å². The van der Waals surface area contributed by atoms with E-state index in [1.54, 1.807) is 38.5 Å². The van der Waals surface area contributed by atoms with Gasteiger partial charge in [0, 0.05) is 17.8 Å². The van der Waals surface area contributed by atoms with Gasteiger partial charge in [0.05, 0.1) is 19.9 Å². The number of aryl methyl sites for hydroxylation is 1. The Bertz CT molecular complexity index is 804. The first-order valence-corrected chi connectivity index (χ1v) is 9.24. The van der Waals surface area contributed by atoms with Crippen molar-refractivity contribution in [2.24, 2.45) is 0 Å². The van der Waals surface area contributed by atoms with Gasteiger partial charge in [-0.2, -0.15) is 0 Å². The number of nitrogens with zero attached hydrogens (tertiary/aromatic N) is 2. The topological polar surface area (TPSA) is 85.4 Å². The van der Waals surface area contributed by atoms with Crippen LogP contribution in [0.3, 0.4) is 0 Å². The molecule has 2 aromatic rings. The summed E-state index contributed by atoms with van der Waals surface area (Å²) in [5, 5.41) is 6.22. The molecule has 1 aromatic heterocycles. The van der Waals surface area contributed by atoms with Gasteiger partial charge >= 0.3 is 0 Å². The first-order chi connectivity index (χ1) is 13.1. The molecule has 0 aliphatic heterocycles. The Morgan fingerprint density at radius 1 is 1.07 bits per heavy atom. The second-order valence-electron chi connectivity index (χ2n) is 6.72. The highest BCUT2D eigenvalue weighted by atomic mass is 16.5. The van der Waals surface area contributed by atoms with Crippen LogP contribution in [-0.4, -0.2) is 36.1 Å². The molecule has 1 saturated carbocycles. The molecule has 0 unspecified atom stereocenters. The summed E-state index contributed by atoms with van der Waals surface area (Å²) in [4.78, 5) is 21.6. The molecule has 2 N–H and O–H groups in total. The molecular formula is C20H26N4O3. The minimum absolute atomic E-state index is 0.310. The number of nitrogens with one attached hydrogen (secondary N) is 2. The van der Waals surface area contributed by atoms with Crippen LogP contribution in [-0.2, 0) is 0 Å². The van der Waals surface area contributed by atoms with Crippen LogP contribution in [0, 0.1) is 6.92 Å². The smallest absolute Gasteiger partial charge is 0.274 e. The summed E-state index contributed by atoms with van der Waals surface area (Å²) in [5.74, 6) is 1.38. The van der Waals surface area contributed by atoms with E-state index in [9.17, 15) is 4.79 Å². The number of aromatic nitrogens is 2. The average molecular weight is 370 g/mol. The van der Waals surface area contributed by atoms with Crippen LogP contribution in [0.1, 0.15) is 48.3 Å². The Labute approximate surface area is 159 Å². The van der Waals surface area contributed by atoms with Crippen LogP contribution in [0.5, 0.6) is 11.5 Å². The molecule has 0 saturated heterocycles. The second-order valence-corrected chi connectivity index (χ2v) is 6.72.